The number of aryl methyl sites for hydroxylation is 1. The fraction of sp³-hybridized carbons (Fsp3) is 0.394. The maximum absolute atomic E-state index is 13.9. The van der Waals surface area contributed by atoms with Crippen LogP contribution in [0.4, 0.5) is 0 Å². The number of carbonyl (C=O) groups is 2. The molecule has 2 amide bonds. The van der Waals surface area contributed by atoms with Gasteiger partial charge in [-0.2, -0.15) is 0 Å². The maximum atomic E-state index is 13.9. The van der Waals surface area contributed by atoms with E-state index in [1.807, 2.05) is 66.7 Å². The Hall–Kier alpha value is -3.25. The van der Waals surface area contributed by atoms with Crippen LogP contribution in [0.25, 0.3) is 0 Å². The van der Waals surface area contributed by atoms with Gasteiger partial charge in [0.05, 0.1) is 12.9 Å². The smallest absolute Gasteiger partial charge is 0.243 e. The Labute approximate surface area is 237 Å². The summed E-state index contributed by atoms with van der Waals surface area (Å²) in [6.45, 7) is 2.46. The predicted octanol–water partition coefficient (Wildman–Crippen LogP) is 6.33. The summed E-state index contributed by atoms with van der Waals surface area (Å²) in [5.41, 5.74) is 4.36. The van der Waals surface area contributed by atoms with E-state index in [9.17, 15) is 9.59 Å². The molecule has 3 aromatic carbocycles. The number of methoxy groups -OCH3 is 1. The zero-order valence-corrected chi connectivity index (χ0v) is 23.9. The minimum absolute atomic E-state index is 0.0188. The van der Waals surface area contributed by atoms with E-state index in [0.29, 0.717) is 24.5 Å². The van der Waals surface area contributed by atoms with Gasteiger partial charge in [-0.1, -0.05) is 91.6 Å². The number of rotatable bonds is 12. The largest absolute Gasteiger partial charge is 0.497 e. The van der Waals surface area contributed by atoms with Crippen molar-refractivity contribution in [1.29, 1.82) is 0 Å². The van der Waals surface area contributed by atoms with E-state index >= 15 is 0 Å². The Morgan fingerprint density at radius 2 is 1.64 bits per heavy atom. The van der Waals surface area contributed by atoms with E-state index in [4.69, 9.17) is 4.74 Å². The summed E-state index contributed by atoms with van der Waals surface area (Å²) in [6, 6.07) is 25.8. The quantitative estimate of drug-likeness (QED) is 0.290. The molecular weight excluding hydrogens is 504 g/mol. The Bertz CT molecular complexity index is 1190. The second kappa shape index (κ2) is 14.8. The first kappa shape index (κ1) is 28.8. The van der Waals surface area contributed by atoms with Gasteiger partial charge in [0.25, 0.3) is 0 Å². The second-order valence-corrected chi connectivity index (χ2v) is 11.4. The zero-order valence-electron chi connectivity index (χ0n) is 23.1. The summed E-state index contributed by atoms with van der Waals surface area (Å²) < 4.78 is 5.25. The van der Waals surface area contributed by atoms with Gasteiger partial charge in [-0.15, -0.1) is 11.8 Å². The molecule has 0 radical (unpaired) electrons. The number of hydrogen-bond acceptors (Lipinski definition) is 4. The Morgan fingerprint density at radius 1 is 0.923 bits per heavy atom. The van der Waals surface area contributed by atoms with Crippen LogP contribution in [0, 0.1) is 6.92 Å². The lowest BCUT2D eigenvalue weighted by Gasteiger charge is -2.33. The van der Waals surface area contributed by atoms with E-state index in [0.717, 1.165) is 53.7 Å². The van der Waals surface area contributed by atoms with Crippen molar-refractivity contribution in [2.75, 3.05) is 12.9 Å². The molecule has 0 saturated heterocycles. The molecular formula is C33H40N2O3S. The minimum atomic E-state index is -0.580. The lowest BCUT2D eigenvalue weighted by Crippen LogP contribution is -2.53. The molecule has 0 spiro atoms. The molecule has 39 heavy (non-hydrogen) atoms. The number of nitrogens with one attached hydrogen (secondary N) is 1. The zero-order chi connectivity index (χ0) is 27.5. The third-order valence-electron chi connectivity index (χ3n) is 7.31. The van der Waals surface area contributed by atoms with Crippen molar-refractivity contribution in [3.05, 3.63) is 101 Å². The molecule has 1 fully saturated rings. The molecule has 6 heteroatoms. The standard InChI is InChI=1S/C33H40N2O3S/c1-25-10-9-13-28(20-25)22-35(32(36)24-39-23-27-16-18-30(38-2)19-17-27)31(21-26-11-5-3-6-12-26)33(37)34-29-14-7-4-8-15-29/h3,5-6,9-13,16-20,29,31H,4,7-8,14-15,21-24H2,1-2H3,(H,34,37). The first-order valence-corrected chi connectivity index (χ1v) is 15.1. The maximum Gasteiger partial charge on any atom is 0.243 e. The van der Waals surface area contributed by atoms with E-state index in [1.165, 1.54) is 6.42 Å². The van der Waals surface area contributed by atoms with Crippen LogP contribution < -0.4 is 10.1 Å². The van der Waals surface area contributed by atoms with Crippen molar-refractivity contribution in [2.45, 2.75) is 69.8 Å². The molecule has 0 aromatic heterocycles. The van der Waals surface area contributed by atoms with Crippen molar-refractivity contribution in [2.24, 2.45) is 0 Å². The van der Waals surface area contributed by atoms with E-state index < -0.39 is 6.04 Å². The Morgan fingerprint density at radius 3 is 2.33 bits per heavy atom. The number of ether oxygens (including phenoxy) is 1. The van der Waals surface area contributed by atoms with Crippen LogP contribution in [0.1, 0.15) is 54.4 Å². The molecule has 1 saturated carbocycles. The summed E-state index contributed by atoms with van der Waals surface area (Å²) in [7, 11) is 1.65. The molecule has 1 unspecified atom stereocenters. The summed E-state index contributed by atoms with van der Waals surface area (Å²) in [5, 5.41) is 3.31. The molecule has 1 atom stereocenters. The number of benzene rings is 3. The first-order chi connectivity index (χ1) is 19.0. The summed E-state index contributed by atoms with van der Waals surface area (Å²) in [4.78, 5) is 29.5. The molecule has 1 N–H and O–H groups in total. The molecule has 206 valence electrons. The Kier molecular flexibility index (Phi) is 10.9. The van der Waals surface area contributed by atoms with Crippen LogP contribution in [0.15, 0.2) is 78.9 Å². The van der Waals surface area contributed by atoms with Gasteiger partial charge in [0.15, 0.2) is 0 Å². The third kappa shape index (κ3) is 8.89. The first-order valence-electron chi connectivity index (χ1n) is 13.9. The highest BCUT2D eigenvalue weighted by atomic mass is 32.2. The molecule has 0 aliphatic heterocycles. The van der Waals surface area contributed by atoms with Gasteiger partial charge in [-0.05, 0) is 48.6 Å². The lowest BCUT2D eigenvalue weighted by molar-refractivity contribution is -0.139. The van der Waals surface area contributed by atoms with Gasteiger partial charge in [0.1, 0.15) is 11.8 Å². The normalized spacial score (nSPS) is 14.4. The van der Waals surface area contributed by atoms with Crippen LogP contribution in [0.3, 0.4) is 0 Å². The molecule has 1 aliphatic carbocycles. The summed E-state index contributed by atoms with van der Waals surface area (Å²) in [5.74, 6) is 1.77. The number of amides is 2. The molecule has 0 heterocycles. The number of nitrogens with zero attached hydrogens (tertiary/aromatic N) is 1. The molecule has 3 aromatic rings. The topological polar surface area (TPSA) is 58.6 Å². The van der Waals surface area contributed by atoms with Gasteiger partial charge in [0, 0.05) is 24.8 Å². The van der Waals surface area contributed by atoms with Crippen molar-refractivity contribution >= 4 is 23.6 Å². The lowest BCUT2D eigenvalue weighted by atomic mass is 9.94. The van der Waals surface area contributed by atoms with Crippen LogP contribution in [-0.4, -0.2) is 41.7 Å². The SMILES string of the molecule is COc1ccc(CSCC(=O)N(Cc2cccc(C)c2)C(Cc2ccccc2)C(=O)NC2CCCCC2)cc1. The van der Waals surface area contributed by atoms with E-state index in [2.05, 4.69) is 24.4 Å². The monoisotopic (exact) mass is 544 g/mol. The molecule has 4 rings (SSSR count). The van der Waals surface area contributed by atoms with Gasteiger partial charge in [-0.25, -0.2) is 0 Å². The van der Waals surface area contributed by atoms with E-state index in [-0.39, 0.29) is 17.9 Å². The van der Waals surface area contributed by atoms with Crippen molar-refractivity contribution in [3.63, 3.8) is 0 Å². The van der Waals surface area contributed by atoms with Gasteiger partial charge in [-0.3, -0.25) is 9.59 Å². The summed E-state index contributed by atoms with van der Waals surface area (Å²) in [6.07, 6.45) is 6.01. The van der Waals surface area contributed by atoms with Gasteiger partial charge >= 0.3 is 0 Å². The molecule has 1 aliphatic rings. The minimum Gasteiger partial charge on any atom is -0.497 e. The second-order valence-electron chi connectivity index (χ2n) is 10.4. The van der Waals surface area contributed by atoms with Crippen LogP contribution in [0.5, 0.6) is 5.75 Å². The fourth-order valence-corrected chi connectivity index (χ4v) is 6.04. The third-order valence-corrected chi connectivity index (χ3v) is 8.30. The van der Waals surface area contributed by atoms with Crippen LogP contribution >= 0.6 is 11.8 Å². The van der Waals surface area contributed by atoms with Crippen molar-refractivity contribution in [3.8, 4) is 5.75 Å². The fourth-order valence-electron chi connectivity index (χ4n) is 5.17. The van der Waals surface area contributed by atoms with Crippen molar-refractivity contribution in [1.82, 2.24) is 10.2 Å². The van der Waals surface area contributed by atoms with Crippen LogP contribution in [0.2, 0.25) is 0 Å². The number of hydrogen-bond donors (Lipinski definition) is 1. The van der Waals surface area contributed by atoms with E-state index in [1.54, 1.807) is 23.8 Å². The Balaban J connectivity index is 1.55. The highest BCUT2D eigenvalue weighted by molar-refractivity contribution is 7.99. The molecule has 5 nitrogen and oxygen atoms in total. The highest BCUT2D eigenvalue weighted by Crippen LogP contribution is 2.22. The predicted molar refractivity (Wildman–Crippen MR) is 160 cm³/mol. The number of thioether (sulfide) groups is 1. The van der Waals surface area contributed by atoms with Crippen molar-refractivity contribution < 1.29 is 14.3 Å². The van der Waals surface area contributed by atoms with Gasteiger partial charge in [0.2, 0.25) is 11.8 Å². The summed E-state index contributed by atoms with van der Waals surface area (Å²) >= 11 is 1.58. The number of carbonyl (C=O) groups excluding carboxylic acids is 2. The average molecular weight is 545 g/mol. The average Bonchev–Trinajstić information content (AvgIpc) is 2.96. The highest BCUT2D eigenvalue weighted by Gasteiger charge is 2.31. The molecule has 0 bridgehead atoms. The van der Waals surface area contributed by atoms with Crippen LogP contribution in [-0.2, 0) is 28.3 Å². The van der Waals surface area contributed by atoms with Gasteiger partial charge < -0.3 is 15.0 Å².